The minimum Gasteiger partial charge on any atom is -0.443 e. The molecule has 12 heteroatoms. The van der Waals surface area contributed by atoms with Gasteiger partial charge in [-0.05, 0) is 50.7 Å². The average Bonchev–Trinajstić information content (AvgIpc) is 2.76. The van der Waals surface area contributed by atoms with Gasteiger partial charge in [-0.2, -0.15) is 13.1 Å². The van der Waals surface area contributed by atoms with Gasteiger partial charge in [0, 0.05) is 26.7 Å². The number of benzene rings is 1. The Morgan fingerprint density at radius 1 is 1.09 bits per heavy atom. The van der Waals surface area contributed by atoms with Crippen LogP contribution in [0.1, 0.15) is 50.8 Å². The first kappa shape index (κ1) is 26.4. The number of hydrogen-bond acceptors (Lipinski definition) is 8. The van der Waals surface area contributed by atoms with Crippen molar-refractivity contribution in [2.75, 3.05) is 14.2 Å². The van der Waals surface area contributed by atoms with Crippen LogP contribution in [0.4, 0.5) is 4.79 Å². The number of hydrazine groups is 1. The van der Waals surface area contributed by atoms with E-state index in [9.17, 15) is 18.0 Å². The molecule has 11 nitrogen and oxygen atoms in total. The van der Waals surface area contributed by atoms with Gasteiger partial charge < -0.3 is 14.2 Å². The number of methoxy groups -OCH3 is 2. The average molecular weight is 499 g/mol. The van der Waals surface area contributed by atoms with Crippen molar-refractivity contribution in [1.82, 2.24) is 20.3 Å². The Bertz CT molecular complexity index is 978. The van der Waals surface area contributed by atoms with Crippen LogP contribution in [0.3, 0.4) is 0 Å². The molecule has 4 N–H and O–H groups in total. The molecule has 1 aromatic rings. The van der Waals surface area contributed by atoms with Gasteiger partial charge in [0.05, 0.1) is 18.2 Å². The fourth-order valence-corrected chi connectivity index (χ4v) is 5.16. The van der Waals surface area contributed by atoms with E-state index in [-0.39, 0.29) is 42.5 Å². The summed E-state index contributed by atoms with van der Waals surface area (Å²) in [4.78, 5) is 24.2. The Labute approximate surface area is 200 Å². The Balaban J connectivity index is 1.63. The number of rotatable bonds is 7. The van der Waals surface area contributed by atoms with Gasteiger partial charge in [-0.1, -0.05) is 24.3 Å². The van der Waals surface area contributed by atoms with Crippen LogP contribution >= 0.6 is 0 Å². The quantitative estimate of drug-likeness (QED) is 0.440. The Kier molecular flexibility index (Phi) is 8.19. The fraction of sp³-hybridized carbons (Fsp3) is 0.636. The van der Waals surface area contributed by atoms with E-state index in [1.807, 2.05) is 16.9 Å². The van der Waals surface area contributed by atoms with Crippen molar-refractivity contribution in [2.24, 2.45) is 11.8 Å². The van der Waals surface area contributed by atoms with Crippen molar-refractivity contribution in [1.29, 1.82) is 0 Å². The molecule has 0 spiro atoms. The number of nitrogens with one attached hydrogen (secondary N) is 4. The van der Waals surface area contributed by atoms with Crippen LogP contribution in [0.5, 0.6) is 0 Å². The number of hydrogen-bond donors (Lipinski definition) is 4. The highest BCUT2D eigenvalue weighted by Gasteiger charge is 2.47. The largest absolute Gasteiger partial charge is 0.443 e. The second-order valence-corrected chi connectivity index (χ2v) is 11.1. The lowest BCUT2D eigenvalue weighted by atomic mass is 9.70. The molecule has 1 saturated heterocycles. The van der Waals surface area contributed by atoms with Gasteiger partial charge in [-0.15, -0.1) is 0 Å². The minimum absolute atomic E-state index is 0.0133. The van der Waals surface area contributed by atoms with E-state index in [0.717, 1.165) is 5.56 Å². The molecular formula is C22H34N4O7S. The molecule has 190 valence electrons. The van der Waals surface area contributed by atoms with Gasteiger partial charge in [0.15, 0.2) is 0 Å². The predicted molar refractivity (Wildman–Crippen MR) is 123 cm³/mol. The van der Waals surface area contributed by atoms with E-state index in [4.69, 9.17) is 14.2 Å². The highest BCUT2D eigenvalue weighted by atomic mass is 32.2. The third kappa shape index (κ3) is 6.66. The molecule has 2 fully saturated rings. The van der Waals surface area contributed by atoms with Gasteiger partial charge in [-0.25, -0.2) is 14.9 Å². The lowest BCUT2D eigenvalue weighted by Gasteiger charge is -2.46. The SMILES string of the molecule is COC1CC2C(=O)NNC(c3ccc(CNS(=O)(=O)NC(=O)OC(C)(C)C)cc3)C2CC1OC. The molecule has 0 bridgehead atoms. The molecule has 1 saturated carbocycles. The summed E-state index contributed by atoms with van der Waals surface area (Å²) < 4.78 is 44.5. The maximum absolute atomic E-state index is 12.5. The minimum atomic E-state index is -4.08. The summed E-state index contributed by atoms with van der Waals surface area (Å²) >= 11 is 0. The topological polar surface area (TPSA) is 144 Å². The highest BCUT2D eigenvalue weighted by molar-refractivity contribution is 7.88. The fourth-order valence-electron chi connectivity index (χ4n) is 4.47. The van der Waals surface area contributed by atoms with E-state index >= 15 is 0 Å². The van der Waals surface area contributed by atoms with Gasteiger partial charge in [0.25, 0.3) is 0 Å². The zero-order valence-corrected chi connectivity index (χ0v) is 20.9. The second-order valence-electron chi connectivity index (χ2n) is 9.57. The lowest BCUT2D eigenvalue weighted by Crippen LogP contribution is -2.58. The number of fused-ring (bicyclic) bond motifs is 1. The third-order valence-corrected chi connectivity index (χ3v) is 7.03. The summed E-state index contributed by atoms with van der Waals surface area (Å²) in [5.41, 5.74) is 6.73. The van der Waals surface area contributed by atoms with Crippen LogP contribution in [-0.2, 0) is 35.8 Å². The summed E-state index contributed by atoms with van der Waals surface area (Å²) in [6.07, 6.45) is -0.0439. The molecule has 0 aromatic heterocycles. The van der Waals surface area contributed by atoms with Crippen molar-refractivity contribution >= 4 is 22.2 Å². The molecule has 2 amide bonds. The van der Waals surface area contributed by atoms with Crippen LogP contribution in [0.15, 0.2) is 24.3 Å². The van der Waals surface area contributed by atoms with Crippen molar-refractivity contribution in [2.45, 2.75) is 64.0 Å². The molecule has 1 aliphatic carbocycles. The van der Waals surface area contributed by atoms with Crippen LogP contribution in [0.2, 0.25) is 0 Å². The smallest absolute Gasteiger partial charge is 0.422 e. The van der Waals surface area contributed by atoms with Crippen molar-refractivity contribution in [3.8, 4) is 0 Å². The maximum Gasteiger partial charge on any atom is 0.422 e. The monoisotopic (exact) mass is 498 g/mol. The van der Waals surface area contributed by atoms with Crippen LogP contribution in [-0.4, -0.2) is 52.4 Å². The van der Waals surface area contributed by atoms with Crippen LogP contribution < -0.4 is 20.3 Å². The van der Waals surface area contributed by atoms with E-state index in [1.54, 1.807) is 47.1 Å². The number of carbonyl (C=O) groups excluding carboxylic acids is 2. The highest BCUT2D eigenvalue weighted by Crippen LogP contribution is 2.42. The standard InChI is InChI=1S/C22H34N4O7S/c1-22(2,3)33-21(28)26-34(29,30)23-12-13-6-8-14(9-7-13)19-15-10-17(31-4)18(32-5)11-16(15)20(27)25-24-19/h6-9,15-19,23-24H,10-12H2,1-5H3,(H,25,27)(H,26,28). The Hall–Kier alpha value is -2.25. The van der Waals surface area contributed by atoms with Crippen LogP contribution in [0, 0.1) is 11.8 Å². The molecule has 1 aromatic carbocycles. The molecule has 1 aliphatic heterocycles. The summed E-state index contributed by atoms with van der Waals surface area (Å²) in [5.74, 6) is -0.234. The van der Waals surface area contributed by atoms with Crippen LogP contribution in [0.25, 0.3) is 0 Å². The molecule has 1 heterocycles. The predicted octanol–water partition coefficient (Wildman–Crippen LogP) is 1.28. The maximum atomic E-state index is 12.5. The van der Waals surface area contributed by atoms with Gasteiger partial charge >= 0.3 is 16.3 Å². The number of amides is 2. The van der Waals surface area contributed by atoms with Gasteiger partial charge in [0.2, 0.25) is 5.91 Å². The molecule has 0 radical (unpaired) electrons. The normalized spacial score (nSPS) is 27.4. The summed E-state index contributed by atoms with van der Waals surface area (Å²) in [6, 6.07) is 7.25. The first-order valence-corrected chi connectivity index (χ1v) is 12.6. The van der Waals surface area contributed by atoms with E-state index in [2.05, 4.69) is 15.6 Å². The molecule has 34 heavy (non-hydrogen) atoms. The Morgan fingerprint density at radius 2 is 1.71 bits per heavy atom. The van der Waals surface area contributed by atoms with E-state index in [0.29, 0.717) is 18.4 Å². The summed E-state index contributed by atoms with van der Waals surface area (Å²) in [5, 5.41) is 0. The molecule has 5 atom stereocenters. The van der Waals surface area contributed by atoms with E-state index in [1.165, 1.54) is 0 Å². The summed E-state index contributed by atoms with van der Waals surface area (Å²) in [6.45, 7) is 4.91. The number of ether oxygens (including phenoxy) is 3. The molecule has 2 aliphatic rings. The Morgan fingerprint density at radius 3 is 2.29 bits per heavy atom. The van der Waals surface area contributed by atoms with Crippen molar-refractivity contribution in [3.05, 3.63) is 35.4 Å². The zero-order valence-electron chi connectivity index (χ0n) is 20.1. The van der Waals surface area contributed by atoms with Gasteiger partial charge in [0.1, 0.15) is 5.60 Å². The lowest BCUT2D eigenvalue weighted by molar-refractivity contribution is -0.145. The third-order valence-electron chi connectivity index (χ3n) is 6.07. The first-order valence-electron chi connectivity index (χ1n) is 11.1. The van der Waals surface area contributed by atoms with Crippen molar-refractivity contribution in [3.63, 3.8) is 0 Å². The molecule has 5 unspecified atom stereocenters. The molecule has 3 rings (SSSR count). The summed E-state index contributed by atoms with van der Waals surface area (Å²) in [7, 11) is -0.804. The number of carbonyl (C=O) groups is 2. The second kappa shape index (κ2) is 10.6. The zero-order chi connectivity index (χ0) is 25.1. The van der Waals surface area contributed by atoms with E-state index < -0.39 is 21.9 Å². The molecular weight excluding hydrogens is 464 g/mol. The first-order chi connectivity index (χ1) is 15.9. The van der Waals surface area contributed by atoms with Crippen molar-refractivity contribution < 1.29 is 32.2 Å². The van der Waals surface area contributed by atoms with Gasteiger partial charge in [-0.3, -0.25) is 10.2 Å².